The highest BCUT2D eigenvalue weighted by Gasteiger charge is 2.26. The third kappa shape index (κ3) is 2.71. The van der Waals surface area contributed by atoms with Gasteiger partial charge in [-0.3, -0.25) is 4.90 Å². The van der Waals surface area contributed by atoms with E-state index in [9.17, 15) is 0 Å². The van der Waals surface area contributed by atoms with Crippen LogP contribution in [-0.2, 0) is 6.54 Å². The highest BCUT2D eigenvalue weighted by atomic mass is 32.1. The maximum absolute atomic E-state index is 5.67. The van der Waals surface area contributed by atoms with Gasteiger partial charge in [0, 0.05) is 37.3 Å². The lowest BCUT2D eigenvalue weighted by atomic mass is 10.2. The molecule has 1 saturated heterocycles. The van der Waals surface area contributed by atoms with Crippen LogP contribution >= 0.6 is 11.3 Å². The van der Waals surface area contributed by atoms with Crippen LogP contribution in [0.4, 0.5) is 5.13 Å². The zero-order valence-corrected chi connectivity index (χ0v) is 13.0. The molecule has 0 amide bonds. The molecule has 0 radical (unpaired) electrons. The topological polar surface area (TPSA) is 45.4 Å². The van der Waals surface area contributed by atoms with Crippen molar-refractivity contribution in [3.8, 4) is 0 Å². The summed E-state index contributed by atoms with van der Waals surface area (Å²) in [6, 6.07) is 0.465. The number of nitrogens with zero attached hydrogens (tertiary/aromatic N) is 4. The molecule has 5 nitrogen and oxygen atoms in total. The Balaban J connectivity index is 1.62. The summed E-state index contributed by atoms with van der Waals surface area (Å²) in [5, 5.41) is 3.16. The predicted molar refractivity (Wildman–Crippen MR) is 80.2 cm³/mol. The molecule has 20 heavy (non-hydrogen) atoms. The van der Waals surface area contributed by atoms with Crippen LogP contribution in [0.2, 0.25) is 0 Å². The lowest BCUT2D eigenvalue weighted by Gasteiger charge is -2.39. The van der Waals surface area contributed by atoms with Gasteiger partial charge in [-0.15, -0.1) is 11.3 Å². The van der Waals surface area contributed by atoms with Gasteiger partial charge in [-0.25, -0.2) is 9.97 Å². The van der Waals surface area contributed by atoms with E-state index >= 15 is 0 Å². The van der Waals surface area contributed by atoms with Gasteiger partial charge in [-0.1, -0.05) is 0 Å². The summed E-state index contributed by atoms with van der Waals surface area (Å²) in [5.74, 6) is 1.75. The average molecular weight is 292 g/mol. The second-order valence-corrected chi connectivity index (χ2v) is 6.21. The number of aromatic nitrogens is 2. The van der Waals surface area contributed by atoms with Crippen LogP contribution in [0.1, 0.15) is 24.3 Å². The highest BCUT2D eigenvalue weighted by molar-refractivity contribution is 7.13. The zero-order chi connectivity index (χ0) is 14.1. The first-order valence-electron chi connectivity index (χ1n) is 6.95. The Morgan fingerprint density at radius 3 is 2.85 bits per heavy atom. The number of aryl methyl sites for hydroxylation is 2. The fourth-order valence-corrected chi connectivity index (χ4v) is 3.39. The van der Waals surface area contributed by atoms with Crippen molar-refractivity contribution in [3.63, 3.8) is 0 Å². The summed E-state index contributed by atoms with van der Waals surface area (Å²) in [6.07, 6.45) is 1.87. The lowest BCUT2D eigenvalue weighted by Crippen LogP contribution is -2.51. The monoisotopic (exact) mass is 292 g/mol. The van der Waals surface area contributed by atoms with E-state index < -0.39 is 0 Å². The van der Waals surface area contributed by atoms with Crippen molar-refractivity contribution in [1.29, 1.82) is 0 Å². The van der Waals surface area contributed by atoms with Crippen LogP contribution in [0.15, 0.2) is 16.0 Å². The Bertz CT molecular complexity index is 546. The summed E-state index contributed by atoms with van der Waals surface area (Å²) in [5.41, 5.74) is 0.995. The van der Waals surface area contributed by atoms with Crippen LogP contribution < -0.4 is 4.90 Å². The molecule has 1 atom stereocenters. The second-order valence-electron chi connectivity index (χ2n) is 5.34. The van der Waals surface area contributed by atoms with Crippen LogP contribution in [-0.4, -0.2) is 40.5 Å². The molecule has 6 heteroatoms. The quantitative estimate of drug-likeness (QED) is 0.869. The van der Waals surface area contributed by atoms with Gasteiger partial charge in [0.25, 0.3) is 0 Å². The smallest absolute Gasteiger partial charge is 0.208 e. The summed E-state index contributed by atoms with van der Waals surface area (Å²) in [7, 11) is 0. The summed E-state index contributed by atoms with van der Waals surface area (Å²) in [4.78, 5) is 13.7. The van der Waals surface area contributed by atoms with Crippen LogP contribution in [0, 0.1) is 13.8 Å². The molecule has 108 valence electrons. The SMILES string of the molecule is Cc1nc(CN2CCN(c3nccs3)[C@@H](C)C2)oc1C. The van der Waals surface area contributed by atoms with Gasteiger partial charge in [-0.2, -0.15) is 0 Å². The fourth-order valence-electron chi connectivity index (χ4n) is 2.62. The van der Waals surface area contributed by atoms with Gasteiger partial charge in [0.1, 0.15) is 5.76 Å². The first-order valence-corrected chi connectivity index (χ1v) is 7.83. The standard InChI is InChI=1S/C14H20N4OS/c1-10-8-17(9-13-16-11(2)12(3)19-13)5-6-18(10)14-15-4-7-20-14/h4,7,10H,5-6,8-9H2,1-3H3/t10-/m0/s1. The third-order valence-corrected chi connectivity index (χ3v) is 4.62. The minimum absolute atomic E-state index is 0.465. The number of rotatable bonds is 3. The molecule has 0 saturated carbocycles. The molecule has 0 aliphatic carbocycles. The molecule has 2 aromatic heterocycles. The molecule has 1 fully saturated rings. The Hall–Kier alpha value is -1.40. The van der Waals surface area contributed by atoms with E-state index in [4.69, 9.17) is 4.42 Å². The Morgan fingerprint density at radius 2 is 2.25 bits per heavy atom. The van der Waals surface area contributed by atoms with Crippen molar-refractivity contribution in [2.75, 3.05) is 24.5 Å². The van der Waals surface area contributed by atoms with Crippen molar-refractivity contribution in [2.45, 2.75) is 33.4 Å². The maximum Gasteiger partial charge on any atom is 0.208 e. The first-order chi connectivity index (χ1) is 9.63. The van der Waals surface area contributed by atoms with E-state index in [1.165, 1.54) is 0 Å². The van der Waals surface area contributed by atoms with Crippen molar-refractivity contribution < 1.29 is 4.42 Å². The van der Waals surface area contributed by atoms with Crippen LogP contribution in [0.3, 0.4) is 0 Å². The van der Waals surface area contributed by atoms with Gasteiger partial charge in [0.05, 0.1) is 12.2 Å². The van der Waals surface area contributed by atoms with E-state index in [0.717, 1.165) is 48.7 Å². The predicted octanol–water partition coefficient (Wildman–Crippen LogP) is 2.46. The van der Waals surface area contributed by atoms with E-state index in [1.807, 2.05) is 25.4 Å². The van der Waals surface area contributed by atoms with Crippen molar-refractivity contribution in [3.05, 3.63) is 28.9 Å². The lowest BCUT2D eigenvalue weighted by molar-refractivity contribution is 0.201. The normalized spacial score (nSPS) is 20.6. The molecule has 3 heterocycles. The highest BCUT2D eigenvalue weighted by Crippen LogP contribution is 2.23. The number of thiazole rings is 1. The van der Waals surface area contributed by atoms with Gasteiger partial charge in [0.2, 0.25) is 5.89 Å². The Kier molecular flexibility index (Phi) is 3.76. The van der Waals surface area contributed by atoms with Crippen molar-refractivity contribution in [2.24, 2.45) is 0 Å². The summed E-state index contributed by atoms with van der Waals surface area (Å²) >= 11 is 1.71. The number of hydrogen-bond acceptors (Lipinski definition) is 6. The number of piperazine rings is 1. The molecule has 1 aliphatic heterocycles. The van der Waals surface area contributed by atoms with Gasteiger partial charge in [-0.05, 0) is 20.8 Å². The molecule has 2 aromatic rings. The number of hydrogen-bond donors (Lipinski definition) is 0. The Morgan fingerprint density at radius 1 is 1.40 bits per heavy atom. The number of oxazole rings is 1. The molecule has 1 aliphatic rings. The van der Waals surface area contributed by atoms with E-state index in [1.54, 1.807) is 11.3 Å². The van der Waals surface area contributed by atoms with Crippen molar-refractivity contribution in [1.82, 2.24) is 14.9 Å². The number of anilines is 1. The summed E-state index contributed by atoms with van der Waals surface area (Å²) in [6.45, 7) is 10.0. The molecule has 0 bridgehead atoms. The molecule has 0 N–H and O–H groups in total. The molecule has 0 spiro atoms. The maximum atomic E-state index is 5.67. The third-order valence-electron chi connectivity index (χ3n) is 3.81. The average Bonchev–Trinajstić information content (AvgIpc) is 3.01. The fraction of sp³-hybridized carbons (Fsp3) is 0.571. The van der Waals surface area contributed by atoms with Gasteiger partial charge >= 0.3 is 0 Å². The molecule has 3 rings (SSSR count). The van der Waals surface area contributed by atoms with Crippen molar-refractivity contribution >= 4 is 16.5 Å². The Labute approximate surface area is 123 Å². The zero-order valence-electron chi connectivity index (χ0n) is 12.2. The minimum Gasteiger partial charge on any atom is -0.444 e. The first kappa shape index (κ1) is 13.6. The molecular weight excluding hydrogens is 272 g/mol. The van der Waals surface area contributed by atoms with E-state index in [2.05, 4.69) is 26.7 Å². The van der Waals surface area contributed by atoms with Gasteiger partial charge < -0.3 is 9.32 Å². The molecule has 0 unspecified atom stereocenters. The van der Waals surface area contributed by atoms with Crippen LogP contribution in [0.5, 0.6) is 0 Å². The summed E-state index contributed by atoms with van der Waals surface area (Å²) < 4.78 is 5.67. The van der Waals surface area contributed by atoms with Gasteiger partial charge in [0.15, 0.2) is 5.13 Å². The molecule has 0 aromatic carbocycles. The van der Waals surface area contributed by atoms with E-state index in [-0.39, 0.29) is 0 Å². The van der Waals surface area contributed by atoms with Crippen LogP contribution in [0.25, 0.3) is 0 Å². The second kappa shape index (κ2) is 5.54. The van der Waals surface area contributed by atoms with E-state index in [0.29, 0.717) is 6.04 Å². The largest absolute Gasteiger partial charge is 0.444 e. The minimum atomic E-state index is 0.465. The molecular formula is C14H20N4OS.